The Morgan fingerprint density at radius 2 is 2.42 bits per heavy atom. The van der Waals surface area contributed by atoms with Crippen molar-refractivity contribution < 1.29 is 4.74 Å². The lowest BCUT2D eigenvalue weighted by atomic mass is 9.97. The molecule has 0 aliphatic heterocycles. The lowest BCUT2D eigenvalue weighted by Gasteiger charge is -2.15. The molecule has 1 saturated carbocycles. The number of nitrogens with zero attached hydrogens (tertiary/aromatic N) is 2. The number of aromatic amines is 1. The van der Waals surface area contributed by atoms with Crippen LogP contribution in [0.5, 0.6) is 0 Å². The second-order valence-electron chi connectivity index (χ2n) is 5.21. The molecule has 0 amide bonds. The van der Waals surface area contributed by atoms with Crippen molar-refractivity contribution in [2.75, 3.05) is 6.61 Å². The third-order valence-corrected chi connectivity index (χ3v) is 3.78. The first-order chi connectivity index (χ1) is 9.33. The zero-order chi connectivity index (χ0) is 13.5. The van der Waals surface area contributed by atoms with Gasteiger partial charge in [0.25, 0.3) is 0 Å². The summed E-state index contributed by atoms with van der Waals surface area (Å²) in [5.74, 6) is 1.84. The molecule has 0 bridgehead atoms. The summed E-state index contributed by atoms with van der Waals surface area (Å²) in [5.41, 5.74) is 0.857. The van der Waals surface area contributed by atoms with E-state index in [0.29, 0.717) is 24.4 Å². The number of hydrogen-bond acceptors (Lipinski definition) is 3. The highest BCUT2D eigenvalue weighted by Gasteiger charge is 2.30. The van der Waals surface area contributed by atoms with Crippen molar-refractivity contribution in [1.29, 1.82) is 0 Å². The normalized spacial score (nSPS) is 27.1. The second kappa shape index (κ2) is 7.24. The molecule has 1 heterocycles. The average Bonchev–Trinajstić information content (AvgIpc) is 3.06. The van der Waals surface area contributed by atoms with E-state index in [1.165, 1.54) is 12.8 Å². The van der Waals surface area contributed by atoms with Crippen LogP contribution in [0.1, 0.15) is 31.9 Å². The fraction of sp³-hybridized carbons (Fsp3) is 0.600. The Labute approximate surface area is 114 Å². The van der Waals surface area contributed by atoms with E-state index < -0.39 is 0 Å². The van der Waals surface area contributed by atoms with Crippen molar-refractivity contribution in [3.05, 3.63) is 36.7 Å². The van der Waals surface area contributed by atoms with Crippen LogP contribution in [0.25, 0.3) is 0 Å². The highest BCUT2D eigenvalue weighted by molar-refractivity contribution is 5.00. The summed E-state index contributed by atoms with van der Waals surface area (Å²) in [6, 6.07) is 0. The van der Waals surface area contributed by atoms with Crippen LogP contribution in [-0.4, -0.2) is 22.0 Å². The third-order valence-electron chi connectivity index (χ3n) is 3.78. The fourth-order valence-corrected chi connectivity index (χ4v) is 2.78. The van der Waals surface area contributed by atoms with Crippen molar-refractivity contribution >= 4 is 0 Å². The molecule has 0 saturated heterocycles. The molecule has 1 aromatic heterocycles. The number of nitrogens with one attached hydrogen (secondary N) is 1. The van der Waals surface area contributed by atoms with Crippen LogP contribution in [0.15, 0.2) is 31.0 Å². The summed E-state index contributed by atoms with van der Waals surface area (Å²) < 4.78 is 5.75. The number of rotatable bonds is 7. The second-order valence-corrected chi connectivity index (χ2v) is 5.21. The van der Waals surface area contributed by atoms with Crippen LogP contribution in [-0.2, 0) is 11.3 Å². The Hall–Kier alpha value is -1.42. The largest absolute Gasteiger partial charge is 0.375 e. The summed E-state index contributed by atoms with van der Waals surface area (Å²) >= 11 is 0. The van der Waals surface area contributed by atoms with Crippen LogP contribution in [0.4, 0.5) is 0 Å². The molecule has 1 unspecified atom stereocenters. The van der Waals surface area contributed by atoms with Gasteiger partial charge in [0, 0.05) is 6.20 Å². The van der Waals surface area contributed by atoms with E-state index in [2.05, 4.69) is 47.1 Å². The van der Waals surface area contributed by atoms with E-state index in [0.717, 1.165) is 18.7 Å². The van der Waals surface area contributed by atoms with Crippen LogP contribution in [0.3, 0.4) is 0 Å². The minimum absolute atomic E-state index is 0.534. The number of ether oxygens (including phenoxy) is 1. The van der Waals surface area contributed by atoms with Gasteiger partial charge in [0.1, 0.15) is 5.69 Å². The van der Waals surface area contributed by atoms with Crippen molar-refractivity contribution in [2.45, 2.75) is 32.8 Å². The summed E-state index contributed by atoms with van der Waals surface area (Å²) in [7, 11) is 0. The summed E-state index contributed by atoms with van der Waals surface area (Å²) in [6.45, 7) is 7.45. The number of allylic oxidation sites excluding steroid dienone is 3. The monoisotopic (exact) mass is 261 g/mol. The molecule has 19 heavy (non-hydrogen) atoms. The van der Waals surface area contributed by atoms with Gasteiger partial charge < -0.3 is 4.74 Å². The van der Waals surface area contributed by atoms with E-state index in [1.54, 1.807) is 6.20 Å². The lowest BCUT2D eigenvalue weighted by molar-refractivity contribution is 0.0778. The molecular formula is C15H23N3O. The van der Waals surface area contributed by atoms with Gasteiger partial charge in [0.05, 0.1) is 13.2 Å². The van der Waals surface area contributed by atoms with Gasteiger partial charge in [-0.2, -0.15) is 0 Å². The van der Waals surface area contributed by atoms with Crippen LogP contribution < -0.4 is 0 Å². The van der Waals surface area contributed by atoms with Gasteiger partial charge in [0.2, 0.25) is 0 Å². The number of hydrogen-bond donors (Lipinski definition) is 1. The smallest absolute Gasteiger partial charge is 0.108 e. The van der Waals surface area contributed by atoms with Crippen molar-refractivity contribution in [1.82, 2.24) is 15.4 Å². The highest BCUT2D eigenvalue weighted by Crippen LogP contribution is 2.38. The van der Waals surface area contributed by atoms with E-state index in [4.69, 9.17) is 4.74 Å². The molecule has 1 aliphatic rings. The Balaban J connectivity index is 1.78. The molecule has 0 spiro atoms. The molecule has 2 rings (SSSR count). The van der Waals surface area contributed by atoms with Gasteiger partial charge in [0.15, 0.2) is 0 Å². The maximum atomic E-state index is 5.75. The zero-order valence-corrected chi connectivity index (χ0v) is 11.6. The molecule has 104 valence electrons. The molecule has 1 aliphatic carbocycles. The van der Waals surface area contributed by atoms with Gasteiger partial charge in [-0.1, -0.05) is 30.4 Å². The Morgan fingerprint density at radius 3 is 3.11 bits per heavy atom. The number of aromatic nitrogens is 3. The maximum absolute atomic E-state index is 5.75. The zero-order valence-electron chi connectivity index (χ0n) is 11.6. The van der Waals surface area contributed by atoms with Crippen LogP contribution in [0.2, 0.25) is 0 Å². The van der Waals surface area contributed by atoms with Crippen molar-refractivity contribution in [3.63, 3.8) is 0 Å². The summed E-state index contributed by atoms with van der Waals surface area (Å²) in [4.78, 5) is 0. The number of H-pyrrole nitrogens is 1. The van der Waals surface area contributed by atoms with E-state index in [-0.39, 0.29) is 0 Å². The van der Waals surface area contributed by atoms with Gasteiger partial charge in [-0.05, 0) is 37.0 Å². The Bertz CT molecular complexity index is 400. The Kier molecular flexibility index (Phi) is 5.33. The molecule has 0 aromatic carbocycles. The van der Waals surface area contributed by atoms with E-state index >= 15 is 0 Å². The fourth-order valence-electron chi connectivity index (χ4n) is 2.78. The molecule has 3 atom stereocenters. The molecule has 4 heteroatoms. The summed E-state index contributed by atoms with van der Waals surface area (Å²) in [5, 5.41) is 10.3. The average molecular weight is 261 g/mol. The standard InChI is InChI=1S/C15H23N3O/c1-3-5-6-12-7-13(4-2)14(8-12)10-19-11-15-9-16-18-17-15/h4-6,9,12-14H,2-3,7-8,10-11H2,1H3,(H,16,17,18)/b6-5+/t12-,13+,14?/m0/s1. The third kappa shape index (κ3) is 4.03. The molecule has 0 radical (unpaired) electrons. The molecule has 1 aromatic rings. The van der Waals surface area contributed by atoms with Gasteiger partial charge in [-0.15, -0.1) is 11.7 Å². The molecule has 4 nitrogen and oxygen atoms in total. The van der Waals surface area contributed by atoms with E-state index in [9.17, 15) is 0 Å². The van der Waals surface area contributed by atoms with Crippen LogP contribution >= 0.6 is 0 Å². The van der Waals surface area contributed by atoms with Gasteiger partial charge >= 0.3 is 0 Å². The SMILES string of the molecule is C=C[C@@H]1C[C@H](/C=C/CC)CC1COCc1c[nH]nn1. The first kappa shape index (κ1) is 14.0. The summed E-state index contributed by atoms with van der Waals surface area (Å²) in [6.07, 6.45) is 12.0. The first-order valence-electron chi connectivity index (χ1n) is 7.05. The lowest BCUT2D eigenvalue weighted by Crippen LogP contribution is -2.13. The topological polar surface area (TPSA) is 50.8 Å². The predicted molar refractivity (Wildman–Crippen MR) is 75.4 cm³/mol. The molecule has 1 N–H and O–H groups in total. The molecular weight excluding hydrogens is 238 g/mol. The maximum Gasteiger partial charge on any atom is 0.108 e. The molecule has 1 fully saturated rings. The van der Waals surface area contributed by atoms with Crippen molar-refractivity contribution in [2.24, 2.45) is 17.8 Å². The quantitative estimate of drug-likeness (QED) is 0.767. The van der Waals surface area contributed by atoms with Gasteiger partial charge in [-0.3, -0.25) is 5.10 Å². The van der Waals surface area contributed by atoms with Crippen LogP contribution in [0, 0.1) is 17.8 Å². The first-order valence-corrected chi connectivity index (χ1v) is 7.05. The Morgan fingerprint density at radius 1 is 1.53 bits per heavy atom. The predicted octanol–water partition coefficient (Wildman–Crippen LogP) is 3.12. The van der Waals surface area contributed by atoms with E-state index in [1.807, 2.05) is 0 Å². The highest BCUT2D eigenvalue weighted by atomic mass is 16.5. The van der Waals surface area contributed by atoms with Crippen molar-refractivity contribution in [3.8, 4) is 0 Å². The van der Waals surface area contributed by atoms with Gasteiger partial charge in [-0.25, -0.2) is 0 Å². The minimum atomic E-state index is 0.534. The minimum Gasteiger partial charge on any atom is -0.375 e.